The number of hydrogen-bond acceptors (Lipinski definition) is 7. The summed E-state index contributed by atoms with van der Waals surface area (Å²) in [6.45, 7) is 0. The first-order chi connectivity index (χ1) is 24.4. The van der Waals surface area contributed by atoms with E-state index in [2.05, 4.69) is 0 Å². The molecule has 0 aliphatic carbocycles. The van der Waals surface area contributed by atoms with Crippen LogP contribution >= 0.6 is 0 Å². The number of rotatable bonds is 14. The van der Waals surface area contributed by atoms with Crippen molar-refractivity contribution in [2.45, 2.75) is 84.7 Å². The van der Waals surface area contributed by atoms with Crippen LogP contribution in [0.3, 0.4) is 0 Å². The molecule has 4 atom stereocenters. The molecule has 0 radical (unpaired) electrons. The summed E-state index contributed by atoms with van der Waals surface area (Å²) in [6, 6.07) is -0.120. The number of benzene rings is 1. The lowest BCUT2D eigenvalue weighted by molar-refractivity contribution is -0.593. The van der Waals surface area contributed by atoms with E-state index in [1.807, 2.05) is 4.74 Å². The fraction of sp³-hybridized carbons (Fsp3) is 0.700. The molecule has 0 heterocycles. The zero-order valence-corrected chi connectivity index (χ0v) is 24.9. The molecule has 0 fully saturated rings. The van der Waals surface area contributed by atoms with Crippen molar-refractivity contribution in [1.29, 1.82) is 0 Å². The molecule has 4 N–H and O–H groups in total. The van der Waals surface area contributed by atoms with Gasteiger partial charge in [0, 0.05) is 11.3 Å². The minimum atomic E-state index is -9.27. The Morgan fingerprint density at radius 1 is 0.404 bits per heavy atom. The van der Waals surface area contributed by atoms with Crippen LogP contribution in [0.5, 0.6) is 0 Å². The van der Waals surface area contributed by atoms with Crippen LogP contribution in [0.2, 0.25) is 0 Å². The highest BCUT2D eigenvalue weighted by Crippen LogP contribution is 2.61. The highest BCUT2D eigenvalue weighted by atomic mass is 19.4. The van der Waals surface area contributed by atoms with Gasteiger partial charge in [0.2, 0.25) is 0 Å². The third-order valence-corrected chi connectivity index (χ3v) is 6.11. The number of anilines is 1. The van der Waals surface area contributed by atoms with E-state index < -0.39 is 108 Å². The van der Waals surface area contributed by atoms with Gasteiger partial charge in [-0.1, -0.05) is 12.1 Å². The van der Waals surface area contributed by atoms with Gasteiger partial charge in [0.25, 0.3) is 0 Å². The Labute approximate surface area is 290 Å². The Bertz CT molecular complexity index is 1590. The van der Waals surface area contributed by atoms with Crippen molar-refractivity contribution >= 4 is 18.3 Å². The molecule has 0 spiro atoms. The topological polar surface area (TPSA) is 103 Å². The average Bonchev–Trinajstić information content (AvgIpc) is 2.92. The fourth-order valence-corrected chi connectivity index (χ4v) is 3.41. The first-order valence-electron chi connectivity index (χ1n) is 12.5. The molecule has 334 valence electrons. The van der Waals surface area contributed by atoms with E-state index in [4.69, 9.17) is 15.8 Å². The van der Waals surface area contributed by atoms with Gasteiger partial charge in [-0.15, -0.1) is 0 Å². The fourth-order valence-electron chi connectivity index (χ4n) is 3.41. The summed E-state index contributed by atoms with van der Waals surface area (Å²) in [7, 11) is -3.66. The minimum absolute atomic E-state index is 0.131. The Balaban J connectivity index is 4.19. The Kier molecular flexibility index (Phi) is 12.9. The summed E-state index contributed by atoms with van der Waals surface area (Å²) < 4.78 is 401. The van der Waals surface area contributed by atoms with E-state index in [-0.39, 0.29) is 18.2 Å². The second kappa shape index (κ2) is 14.2. The van der Waals surface area contributed by atoms with E-state index in [1.165, 1.54) is 0 Å². The van der Waals surface area contributed by atoms with Crippen molar-refractivity contribution in [1.82, 2.24) is 0 Å². The predicted octanol–water partition coefficient (Wildman–Crippen LogP) is 7.95. The minimum Gasteiger partial charge on any atom is -0.423 e. The van der Waals surface area contributed by atoms with E-state index in [0.717, 1.165) is 14.2 Å². The van der Waals surface area contributed by atoms with Crippen LogP contribution in [0.4, 0.5) is 133 Å². The van der Waals surface area contributed by atoms with Crippen molar-refractivity contribution in [3.63, 3.8) is 0 Å². The van der Waals surface area contributed by atoms with Crippen LogP contribution in [0.1, 0.15) is 5.56 Å². The molecule has 57 heavy (non-hydrogen) atoms. The maximum absolute atomic E-state index is 15.3. The highest BCUT2D eigenvalue weighted by Gasteiger charge is 2.90. The van der Waals surface area contributed by atoms with Gasteiger partial charge in [0.1, 0.15) is 0 Å². The molecule has 1 aromatic rings. The lowest BCUT2D eigenvalue weighted by Crippen LogP contribution is -2.72. The molecule has 0 amide bonds. The third-order valence-electron chi connectivity index (χ3n) is 6.11. The molecule has 37 heteroatoms. The van der Waals surface area contributed by atoms with E-state index >= 15 is 4.39 Å². The molecule has 1 aromatic carbocycles. The second-order valence-electron chi connectivity index (χ2n) is 10.1. The van der Waals surface area contributed by atoms with Crippen LogP contribution < -0.4 is 11.2 Å². The SMILES string of the molecule is Nc1cccc(B(O)O)c1C(F)(OC(F)(F)C(F)(OC(F)(F)C(F)(OC(F)(F)C(F)(OC(F)(F)C(F)(F)C(F)(F)F)C(F)(F)F)C(F)(F)F)C(F)(F)F)C(F)(F)F. The monoisotopic (exact) mass is 919 g/mol. The number of hydrogen-bond donors (Lipinski definition) is 3. The first kappa shape index (κ1) is 51.8. The molecule has 0 saturated carbocycles. The smallest absolute Gasteiger partial charge is 0.423 e. The number of ether oxygens (including phenoxy) is 4. The van der Waals surface area contributed by atoms with Crippen molar-refractivity contribution < 1.29 is 156 Å². The van der Waals surface area contributed by atoms with Gasteiger partial charge in [-0.2, -0.15) is 127 Å². The third kappa shape index (κ3) is 8.62. The van der Waals surface area contributed by atoms with Crippen LogP contribution in [-0.2, 0) is 24.8 Å². The lowest BCUT2D eigenvalue weighted by Gasteiger charge is -2.44. The van der Waals surface area contributed by atoms with Crippen molar-refractivity contribution in [2.24, 2.45) is 0 Å². The molecule has 7 nitrogen and oxygen atoms in total. The van der Waals surface area contributed by atoms with Gasteiger partial charge < -0.3 is 15.8 Å². The van der Waals surface area contributed by atoms with Crippen molar-refractivity contribution in [2.75, 3.05) is 5.73 Å². The van der Waals surface area contributed by atoms with Gasteiger partial charge in [-0.25, -0.2) is 0 Å². The van der Waals surface area contributed by atoms with Gasteiger partial charge in [0.05, 0.1) is 0 Å². The number of nitrogens with two attached hydrogens (primary N) is 1. The molecular weight excluding hydrogens is 912 g/mol. The molecular formula is C20H7BF29NO6. The van der Waals surface area contributed by atoms with Crippen molar-refractivity contribution in [3.05, 3.63) is 23.8 Å². The number of halogens is 29. The standard InChI is InChI=1S/C20H7BF29NO6/c22-7(12(28,29)30,6-4(21(52)53)2-1-3-5(6)51)54-18(45,46)9(25,14(34,35)36)56-20(49,50)11(27,16(40,41)42)57-19(47,48)10(26,15(37,38)39)55-17(43,44)8(23,24)13(31,32)33/h1-3,52-53H,51H2. The summed E-state index contributed by atoms with van der Waals surface area (Å²) >= 11 is 0. The maximum atomic E-state index is 15.3. The van der Waals surface area contributed by atoms with Crippen molar-refractivity contribution in [3.8, 4) is 0 Å². The summed E-state index contributed by atoms with van der Waals surface area (Å²) in [5, 5.41) is 18.2. The summed E-state index contributed by atoms with van der Waals surface area (Å²) in [5.41, 5.74) is -2.71. The molecule has 0 saturated heterocycles. The number of nitrogen functional groups attached to an aromatic ring is 1. The zero-order valence-electron chi connectivity index (χ0n) is 24.9. The van der Waals surface area contributed by atoms with Crippen LogP contribution in [-0.4, -0.2) is 96.0 Å². The largest absolute Gasteiger partial charge is 0.489 e. The molecule has 1 rings (SSSR count). The van der Waals surface area contributed by atoms with Gasteiger partial charge in [0.15, 0.2) is 0 Å². The van der Waals surface area contributed by atoms with E-state index in [9.17, 15) is 123 Å². The first-order valence-corrected chi connectivity index (χ1v) is 12.5. The zero-order chi connectivity index (χ0) is 46.3. The van der Waals surface area contributed by atoms with Crippen LogP contribution in [0.25, 0.3) is 0 Å². The van der Waals surface area contributed by atoms with E-state index in [0.29, 0.717) is 0 Å². The summed E-state index contributed by atoms with van der Waals surface area (Å²) in [4.78, 5) is 0. The average molecular weight is 919 g/mol. The Morgan fingerprint density at radius 3 is 0.965 bits per heavy atom. The molecule has 4 unspecified atom stereocenters. The van der Waals surface area contributed by atoms with Crippen LogP contribution in [0.15, 0.2) is 18.2 Å². The van der Waals surface area contributed by atoms with E-state index in [1.54, 1.807) is 0 Å². The number of alkyl halides is 29. The molecule has 0 aliphatic heterocycles. The highest BCUT2D eigenvalue weighted by molar-refractivity contribution is 6.59. The quantitative estimate of drug-likeness (QED) is 0.0990. The molecule has 0 aliphatic rings. The Hall–Kier alpha value is -3.19. The Morgan fingerprint density at radius 2 is 0.702 bits per heavy atom. The van der Waals surface area contributed by atoms with Gasteiger partial charge in [-0.05, 0) is 11.5 Å². The molecule has 0 bridgehead atoms. The van der Waals surface area contributed by atoms with Gasteiger partial charge >= 0.3 is 91.8 Å². The maximum Gasteiger partial charge on any atom is 0.489 e. The summed E-state index contributed by atoms with van der Waals surface area (Å²) in [5.74, 6) is -42.8. The second-order valence-corrected chi connectivity index (χ2v) is 10.1. The van der Waals surface area contributed by atoms with Crippen LogP contribution in [0, 0.1) is 0 Å². The van der Waals surface area contributed by atoms with Gasteiger partial charge in [-0.3, -0.25) is 18.9 Å². The predicted molar refractivity (Wildman–Crippen MR) is 114 cm³/mol. The summed E-state index contributed by atoms with van der Waals surface area (Å²) in [6.07, 6.45) is -77.6. The normalized spacial score (nSPS) is 19.4. The lowest BCUT2D eigenvalue weighted by atomic mass is 9.74. The molecule has 0 aromatic heterocycles.